The minimum Gasteiger partial charge on any atom is -0.444 e. The predicted molar refractivity (Wildman–Crippen MR) is 228 cm³/mol. The number of carbonyl (C=O) groups excluding carboxylic acids is 1. The molecule has 288 valence electrons. The van der Waals surface area contributed by atoms with E-state index in [1.165, 1.54) is 19.3 Å². The van der Waals surface area contributed by atoms with Gasteiger partial charge in [-0.25, -0.2) is 4.79 Å². The summed E-state index contributed by atoms with van der Waals surface area (Å²) in [6.07, 6.45) is 10.3. The fourth-order valence-corrected chi connectivity index (χ4v) is 4.32. The summed E-state index contributed by atoms with van der Waals surface area (Å²) in [5, 5.41) is 33.2. The summed E-state index contributed by atoms with van der Waals surface area (Å²) in [6.45, 7) is 9.74. The van der Waals surface area contributed by atoms with Gasteiger partial charge in [-0.05, 0) is 98.4 Å². The Kier molecular flexibility index (Phi) is 66.0. The van der Waals surface area contributed by atoms with Gasteiger partial charge in [0.05, 0.1) is 24.4 Å². The Labute approximate surface area is 327 Å². The van der Waals surface area contributed by atoms with Crippen LogP contribution < -0.4 is 16.4 Å². The number of carbonyl (C=O) groups is 1. The maximum Gasteiger partial charge on any atom is 0.407 e. The molecule has 0 bridgehead atoms. The number of aliphatic hydroxyl groups is 3. The molecule has 7 N–H and O–H groups in total. The number of aliphatic hydroxyl groups excluding tert-OH is 3. The van der Waals surface area contributed by atoms with Crippen molar-refractivity contribution < 1.29 is 31.0 Å². The van der Waals surface area contributed by atoms with Crippen molar-refractivity contribution in [1.82, 2.24) is 10.6 Å². The molecule has 0 aromatic carbocycles. The van der Waals surface area contributed by atoms with E-state index in [2.05, 4.69) is 10.6 Å². The van der Waals surface area contributed by atoms with Crippen molar-refractivity contribution >= 4 is 99.5 Å². The van der Waals surface area contributed by atoms with E-state index in [0.717, 1.165) is 64.6 Å². The zero-order chi connectivity index (χ0) is 28.3. The van der Waals surface area contributed by atoms with E-state index in [9.17, 15) is 9.90 Å². The van der Waals surface area contributed by atoms with Crippen molar-refractivity contribution in [2.24, 2.45) is 5.73 Å². The molecule has 3 aliphatic carbocycles. The Balaban J connectivity index is -0.0000000448. The van der Waals surface area contributed by atoms with E-state index in [1.54, 1.807) is 6.92 Å². The van der Waals surface area contributed by atoms with Gasteiger partial charge in [0.2, 0.25) is 0 Å². The Morgan fingerprint density at radius 3 is 1.36 bits per heavy atom. The number of halogens is 1. The fourth-order valence-electron chi connectivity index (χ4n) is 4.32. The summed E-state index contributed by atoms with van der Waals surface area (Å²) < 4.78 is 16.2. The molecule has 6 atom stereocenters. The summed E-state index contributed by atoms with van der Waals surface area (Å²) in [7, 11) is 1.90. The van der Waals surface area contributed by atoms with Gasteiger partial charge in [-0.15, -0.1) is 12.4 Å². The fraction of sp³-hybridized carbons (Fsp3) is 0.966. The molecule has 1 amide bonds. The zero-order valence-electron chi connectivity index (χ0n) is 27.9. The van der Waals surface area contributed by atoms with Crippen molar-refractivity contribution in [3.05, 3.63) is 0 Å². The van der Waals surface area contributed by atoms with Crippen LogP contribution in [0.4, 0.5) is 4.79 Å². The molecule has 0 radical (unpaired) electrons. The first-order valence-electron chi connectivity index (χ1n) is 14.5. The molecule has 3 saturated carbocycles. The van der Waals surface area contributed by atoms with Gasteiger partial charge in [0, 0.05) is 26.7 Å². The number of amides is 1. The normalized spacial score (nSPS) is 25.0. The molecule has 4 aliphatic rings. The monoisotopic (exact) mass is 792 g/mol. The molecule has 0 unspecified atom stereocenters. The van der Waals surface area contributed by atoms with Crippen LogP contribution >= 0.6 is 93.4 Å². The smallest absolute Gasteiger partial charge is 0.407 e. The molecular formula is C29H78ClN3O6S6. The zero-order valence-corrected chi connectivity index (χ0v) is 33.7. The van der Waals surface area contributed by atoms with Gasteiger partial charge >= 0.3 is 6.09 Å². The summed E-state index contributed by atoms with van der Waals surface area (Å²) in [4.78, 5) is 11.3. The van der Waals surface area contributed by atoms with E-state index in [0.29, 0.717) is 12.9 Å². The van der Waals surface area contributed by atoms with E-state index < -0.39 is 17.8 Å². The second kappa shape index (κ2) is 43.4. The van der Waals surface area contributed by atoms with Gasteiger partial charge < -0.3 is 41.2 Å². The molecule has 1 saturated heterocycles. The highest BCUT2D eigenvalue weighted by molar-refractivity contribution is 7.60. The second-order valence-electron chi connectivity index (χ2n) is 10.6. The summed E-state index contributed by atoms with van der Waals surface area (Å²) in [6, 6.07) is 0.305. The Hall–Kier alpha value is 1.42. The summed E-state index contributed by atoms with van der Waals surface area (Å²) in [5.74, 6) is 0. The first-order valence-corrected chi connectivity index (χ1v) is 13.8. The summed E-state index contributed by atoms with van der Waals surface area (Å²) in [5.41, 5.74) is 4.95. The van der Waals surface area contributed by atoms with Gasteiger partial charge in [0.25, 0.3) is 0 Å². The third-order valence-corrected chi connectivity index (χ3v) is 6.39. The topological polar surface area (TPSA) is 146 Å². The van der Waals surface area contributed by atoms with Crippen molar-refractivity contribution in [3.63, 3.8) is 0 Å². The molecule has 0 aromatic heterocycles. The third kappa shape index (κ3) is 38.1. The number of hydrogen-bond donors (Lipinski definition) is 6. The molecule has 4 rings (SSSR count). The number of hydrogen-bond acceptors (Lipinski definition) is 8. The van der Waals surface area contributed by atoms with Crippen molar-refractivity contribution in [1.29, 1.82) is 0 Å². The second-order valence-corrected chi connectivity index (χ2v) is 10.6. The molecule has 16 heteroatoms. The molecule has 1 heterocycles. The molecular weight excluding hydrogens is 714 g/mol. The molecule has 45 heavy (non-hydrogen) atoms. The number of rotatable bonds is 2. The number of nitrogens with one attached hydrogen (secondary N) is 2. The minimum atomic E-state index is -0.479. The number of ether oxygens (including phenoxy) is 2. The van der Waals surface area contributed by atoms with Crippen LogP contribution in [0.1, 0.15) is 121 Å². The van der Waals surface area contributed by atoms with Crippen LogP contribution in [0.5, 0.6) is 0 Å². The van der Waals surface area contributed by atoms with E-state index in [1.807, 2.05) is 27.8 Å². The Morgan fingerprint density at radius 2 is 1.16 bits per heavy atom. The first-order chi connectivity index (χ1) is 17.4. The van der Waals surface area contributed by atoms with Gasteiger partial charge in [-0.3, -0.25) is 0 Å². The average Bonchev–Trinajstić information content (AvgIpc) is 3.62. The van der Waals surface area contributed by atoms with Crippen LogP contribution in [0.25, 0.3) is 0 Å². The first kappa shape index (κ1) is 68.4. The van der Waals surface area contributed by atoms with Gasteiger partial charge in [-0.1, -0.05) is 28.7 Å². The highest BCUT2D eigenvalue weighted by atomic mass is 35.5. The maximum absolute atomic E-state index is 11.3. The number of nitrogens with two attached hydrogens (primary N) is 1. The Morgan fingerprint density at radius 1 is 0.778 bits per heavy atom. The summed E-state index contributed by atoms with van der Waals surface area (Å²) >= 11 is 0. The standard InChI is InChI=1S/C10H19NO3.C6H13NO.C5H11NO.C4H8O.C2H6.2CH4.ClH.6H2S/c1-10(2,3)14-9(13)11-7-5-4-6-8(7)12;1-7-5-3-2-4-6(5)8;6-4-2-1-3-5(4)7;1-2-4-5-3-1;1-2;;;;;;;;;/h7-8,12H,4-6H2,1-3H3,(H,11,13);5-8H,2-4H2,1H3;4-5,7H,1-3,6H2;1-4H2;1-2H3;2*1H4;1H;6*1H2/t7-,8-;5-,6-;4-,5-;;;;;;;;;;;/m000.........../s1/i;;;;1D;;;;;;;;;. The van der Waals surface area contributed by atoms with Crippen LogP contribution in [0.3, 0.4) is 0 Å². The van der Waals surface area contributed by atoms with Crippen LogP contribution in [0, 0.1) is 0 Å². The van der Waals surface area contributed by atoms with Gasteiger partial charge in [-0.2, -0.15) is 81.0 Å². The lowest BCUT2D eigenvalue weighted by Gasteiger charge is -2.22. The quantitative estimate of drug-likeness (QED) is 0.212. The molecule has 1 aliphatic heterocycles. The highest BCUT2D eigenvalue weighted by Gasteiger charge is 2.28. The molecule has 9 nitrogen and oxygen atoms in total. The largest absolute Gasteiger partial charge is 0.444 e. The van der Waals surface area contributed by atoms with Crippen LogP contribution in [-0.2, 0) is 9.47 Å². The van der Waals surface area contributed by atoms with Crippen LogP contribution in [0.2, 0.25) is 0 Å². The lowest BCUT2D eigenvalue weighted by molar-refractivity contribution is 0.0449. The minimum absolute atomic E-state index is 0. The van der Waals surface area contributed by atoms with Crippen LogP contribution in [0.15, 0.2) is 0 Å². The molecule has 4 fully saturated rings. The van der Waals surface area contributed by atoms with Gasteiger partial charge in [0.15, 0.2) is 0 Å². The number of likely N-dealkylation sites (N-methyl/N-ethyl adjacent to an activating group) is 1. The SMILES string of the molecule is C.C.C1CCOC1.CC(C)(C)OC(=O)N[C@H]1CCC[C@@H]1O.CN[C@H]1CCC[C@@H]1O.Cl.N[C@H]1CCC[C@@H]1O.S.S.S.S.S.S.[2H]CC. The lowest BCUT2D eigenvalue weighted by atomic mass is 10.2. The third-order valence-electron chi connectivity index (χ3n) is 6.39. The average molecular weight is 794 g/mol. The van der Waals surface area contributed by atoms with Crippen molar-refractivity contribution in [2.45, 2.75) is 162 Å². The number of alkyl carbamates (subject to hydrolysis) is 1. The highest BCUT2D eigenvalue weighted by Crippen LogP contribution is 2.19. The molecule has 0 aromatic rings. The van der Waals surface area contributed by atoms with E-state index in [4.69, 9.17) is 26.8 Å². The van der Waals surface area contributed by atoms with Crippen molar-refractivity contribution in [3.8, 4) is 0 Å². The Bertz CT molecular complexity index is 580. The van der Waals surface area contributed by atoms with E-state index in [-0.39, 0.29) is 133 Å². The maximum atomic E-state index is 11.3. The molecule has 0 spiro atoms. The van der Waals surface area contributed by atoms with E-state index >= 15 is 0 Å². The predicted octanol–water partition coefficient (Wildman–Crippen LogP) is 5.60. The van der Waals surface area contributed by atoms with Crippen LogP contribution in [-0.4, -0.2) is 83.7 Å². The van der Waals surface area contributed by atoms with Crippen molar-refractivity contribution in [2.75, 3.05) is 20.3 Å². The van der Waals surface area contributed by atoms with Gasteiger partial charge in [0.1, 0.15) is 5.60 Å². The lowest BCUT2D eigenvalue weighted by Crippen LogP contribution is -2.42.